The number of amides is 2. The van der Waals surface area contributed by atoms with Crippen molar-refractivity contribution in [3.8, 4) is 11.5 Å². The molecule has 4 aliphatic heterocycles. The summed E-state index contributed by atoms with van der Waals surface area (Å²) in [5.41, 5.74) is -3.76. The van der Waals surface area contributed by atoms with Gasteiger partial charge in [0.15, 0.2) is 17.1 Å². The molecule has 4 bridgehead atoms. The van der Waals surface area contributed by atoms with E-state index in [1.165, 1.54) is 33.3 Å². The summed E-state index contributed by atoms with van der Waals surface area (Å²) < 4.78 is 21.6. The molecule has 10 heteroatoms. The topological polar surface area (TPSA) is 115 Å². The smallest absolute Gasteiger partial charge is 0.414 e. The summed E-state index contributed by atoms with van der Waals surface area (Å²) in [7, 11) is 5.33. The number of benzene rings is 1. The lowest BCUT2D eigenvalue weighted by Gasteiger charge is -2.55. The predicted octanol–water partition coefficient (Wildman–Crippen LogP) is 1.92. The summed E-state index contributed by atoms with van der Waals surface area (Å²) in [4.78, 5) is 44.5. The van der Waals surface area contributed by atoms with Gasteiger partial charge in [0.1, 0.15) is 11.0 Å². The van der Waals surface area contributed by atoms with Crippen molar-refractivity contribution in [1.82, 2.24) is 4.90 Å². The highest BCUT2D eigenvalue weighted by Gasteiger charge is 2.80. The maximum atomic E-state index is 14.4. The summed E-state index contributed by atoms with van der Waals surface area (Å²) in [5.74, 6) is -0.581. The Morgan fingerprint density at radius 2 is 1.83 bits per heavy atom. The monoisotopic (exact) mass is 486 g/mol. The molecule has 5 aliphatic rings. The van der Waals surface area contributed by atoms with Crippen molar-refractivity contribution in [3.63, 3.8) is 0 Å². The predicted molar refractivity (Wildman–Crippen MR) is 124 cm³/mol. The molecule has 0 aromatic heterocycles. The summed E-state index contributed by atoms with van der Waals surface area (Å²) in [6.07, 6.45) is 2.75. The number of aliphatic hydroxyl groups is 1. The molecule has 35 heavy (non-hydrogen) atoms. The van der Waals surface area contributed by atoms with E-state index in [1.54, 1.807) is 17.0 Å². The number of carbonyl (C=O) groups excluding carboxylic acids is 3. The van der Waals surface area contributed by atoms with Gasteiger partial charge in [-0.2, -0.15) is 0 Å². The molecule has 2 fully saturated rings. The van der Waals surface area contributed by atoms with E-state index >= 15 is 0 Å². The quantitative estimate of drug-likeness (QED) is 0.509. The second-order valence-corrected chi connectivity index (χ2v) is 9.51. The first-order valence-corrected chi connectivity index (χ1v) is 11.7. The number of carbonyl (C=O) groups is 3. The van der Waals surface area contributed by atoms with Crippen LogP contribution in [-0.2, 0) is 24.5 Å². The van der Waals surface area contributed by atoms with Crippen LogP contribution in [-0.4, -0.2) is 80.6 Å². The third-order valence-electron chi connectivity index (χ3n) is 8.36. The zero-order chi connectivity index (χ0) is 25.2. The standard InChI is InChI=1S/C25H30N2O8/c1-32-17-8-7-16-18(19(17)33-2)27(22(30)35-4)25-10-9-15(14-24(25,31)21(29)34-3)6-5-12-26-13-11-23(16,25)20(26)28/h7-9,31H,5-6,10-14H2,1-4H3. The zero-order valence-electron chi connectivity index (χ0n) is 20.4. The summed E-state index contributed by atoms with van der Waals surface area (Å²) in [5, 5.41) is 12.4. The summed E-state index contributed by atoms with van der Waals surface area (Å²) >= 11 is 0. The first-order chi connectivity index (χ1) is 16.8. The second-order valence-electron chi connectivity index (χ2n) is 9.51. The van der Waals surface area contributed by atoms with Crippen LogP contribution in [0, 0.1) is 0 Å². The maximum Gasteiger partial charge on any atom is 0.414 e. The number of hydrogen-bond donors (Lipinski definition) is 1. The molecule has 2 spiro atoms. The Morgan fingerprint density at radius 1 is 1.06 bits per heavy atom. The minimum atomic E-state index is -2.22. The second kappa shape index (κ2) is 7.87. The highest BCUT2D eigenvalue weighted by atomic mass is 16.6. The molecule has 1 N–H and O–H groups in total. The fourth-order valence-corrected chi connectivity index (χ4v) is 6.96. The van der Waals surface area contributed by atoms with E-state index in [0.717, 1.165) is 5.57 Å². The first kappa shape index (κ1) is 23.5. The molecule has 0 saturated carbocycles. The highest BCUT2D eigenvalue weighted by molar-refractivity contribution is 6.08. The van der Waals surface area contributed by atoms with Gasteiger partial charge in [-0.15, -0.1) is 0 Å². The van der Waals surface area contributed by atoms with Crippen LogP contribution in [0.3, 0.4) is 0 Å². The van der Waals surface area contributed by atoms with Gasteiger partial charge in [-0.3, -0.25) is 9.69 Å². The number of hydrogen-bond acceptors (Lipinski definition) is 8. The molecule has 1 aliphatic carbocycles. The van der Waals surface area contributed by atoms with Crippen LogP contribution in [0.1, 0.15) is 37.7 Å². The SMILES string of the molecule is COC(=O)N1c2c(ccc(OC)c2OC)C23CCN(CCCC4=CCC12C(O)(C(=O)OC)C4)C3=O. The number of ether oxygens (including phenoxy) is 4. The molecular weight excluding hydrogens is 456 g/mol. The number of anilines is 1. The molecule has 3 atom stereocenters. The van der Waals surface area contributed by atoms with E-state index in [1.807, 2.05) is 6.08 Å². The lowest BCUT2D eigenvalue weighted by molar-refractivity contribution is -0.177. The number of rotatable bonds is 3. The van der Waals surface area contributed by atoms with Gasteiger partial charge < -0.3 is 29.0 Å². The van der Waals surface area contributed by atoms with Crippen LogP contribution in [0.4, 0.5) is 10.5 Å². The maximum absolute atomic E-state index is 14.4. The lowest BCUT2D eigenvalue weighted by atomic mass is 9.54. The van der Waals surface area contributed by atoms with Crippen molar-refractivity contribution in [1.29, 1.82) is 0 Å². The first-order valence-electron chi connectivity index (χ1n) is 11.7. The molecule has 1 aromatic rings. The minimum absolute atomic E-state index is 0.0583. The van der Waals surface area contributed by atoms with Gasteiger partial charge in [0.25, 0.3) is 0 Å². The van der Waals surface area contributed by atoms with Crippen molar-refractivity contribution in [3.05, 3.63) is 29.3 Å². The van der Waals surface area contributed by atoms with E-state index in [2.05, 4.69) is 0 Å². The van der Waals surface area contributed by atoms with Gasteiger partial charge in [-0.05, 0) is 37.3 Å². The van der Waals surface area contributed by atoms with Crippen molar-refractivity contribution in [2.24, 2.45) is 0 Å². The van der Waals surface area contributed by atoms with Crippen LogP contribution in [0.5, 0.6) is 11.5 Å². The van der Waals surface area contributed by atoms with E-state index in [-0.39, 0.29) is 30.2 Å². The fourth-order valence-electron chi connectivity index (χ4n) is 6.96. The van der Waals surface area contributed by atoms with Gasteiger partial charge in [0, 0.05) is 19.5 Å². The molecule has 0 radical (unpaired) electrons. The molecule has 1 aromatic carbocycles. The molecule has 10 nitrogen and oxygen atoms in total. The molecule has 3 unspecified atom stereocenters. The van der Waals surface area contributed by atoms with E-state index in [4.69, 9.17) is 18.9 Å². The zero-order valence-corrected chi connectivity index (χ0v) is 20.4. The van der Waals surface area contributed by atoms with Crippen LogP contribution in [0.2, 0.25) is 0 Å². The third-order valence-corrected chi connectivity index (χ3v) is 8.36. The molecular formula is C25H30N2O8. The fraction of sp³-hybridized carbons (Fsp3) is 0.560. The Hall–Kier alpha value is -3.27. The van der Waals surface area contributed by atoms with E-state index in [9.17, 15) is 19.5 Å². The Balaban J connectivity index is 1.96. The summed E-state index contributed by atoms with van der Waals surface area (Å²) in [6.45, 7) is 0.974. The van der Waals surface area contributed by atoms with E-state index in [0.29, 0.717) is 43.7 Å². The Labute approximate surface area is 203 Å². The van der Waals surface area contributed by atoms with Crippen molar-refractivity contribution in [2.75, 3.05) is 46.4 Å². The normalized spacial score (nSPS) is 30.9. The number of methoxy groups -OCH3 is 4. The van der Waals surface area contributed by atoms with Crippen LogP contribution in [0.25, 0.3) is 0 Å². The van der Waals surface area contributed by atoms with E-state index < -0.39 is 28.6 Å². The van der Waals surface area contributed by atoms with Crippen molar-refractivity contribution >= 4 is 23.7 Å². The minimum Gasteiger partial charge on any atom is -0.493 e. The average molecular weight is 487 g/mol. The average Bonchev–Trinajstić information content (AvgIpc) is 3.32. The van der Waals surface area contributed by atoms with Crippen molar-refractivity contribution < 1.29 is 38.4 Å². The molecule has 188 valence electrons. The number of nitrogens with zero attached hydrogens (tertiary/aromatic N) is 2. The lowest BCUT2D eigenvalue weighted by Crippen LogP contribution is -2.77. The highest BCUT2D eigenvalue weighted by Crippen LogP contribution is 2.67. The Morgan fingerprint density at radius 3 is 2.49 bits per heavy atom. The molecule has 6 rings (SSSR count). The summed E-state index contributed by atoms with van der Waals surface area (Å²) in [6, 6.07) is 3.41. The number of fused-ring (bicyclic) bond motifs is 5. The van der Waals surface area contributed by atoms with Gasteiger partial charge in [-0.1, -0.05) is 17.7 Å². The van der Waals surface area contributed by atoms with Gasteiger partial charge in [0.2, 0.25) is 5.91 Å². The van der Waals surface area contributed by atoms with Crippen molar-refractivity contribution in [2.45, 2.75) is 48.7 Å². The Kier molecular flexibility index (Phi) is 5.28. The number of esters is 1. The van der Waals surface area contributed by atoms with Crippen LogP contribution in [0.15, 0.2) is 23.8 Å². The molecule has 4 heterocycles. The van der Waals surface area contributed by atoms with Crippen LogP contribution < -0.4 is 14.4 Å². The third kappa shape index (κ3) is 2.60. The largest absolute Gasteiger partial charge is 0.493 e. The van der Waals surface area contributed by atoms with Gasteiger partial charge >= 0.3 is 12.1 Å². The Bertz CT molecular complexity index is 1150. The molecule has 2 saturated heterocycles. The van der Waals surface area contributed by atoms with Crippen LogP contribution >= 0.6 is 0 Å². The van der Waals surface area contributed by atoms with Gasteiger partial charge in [-0.25, -0.2) is 9.59 Å². The molecule has 2 amide bonds. The van der Waals surface area contributed by atoms with Gasteiger partial charge in [0.05, 0.1) is 34.1 Å².